The van der Waals surface area contributed by atoms with Gasteiger partial charge in [0.1, 0.15) is 5.52 Å². The standard InChI is InChI=1S/C26H17Br2N3O2S/c27-20-14-21(28)25(24-19(20)12-7-13-29-24)33-23(32)16-34-26-30-22(17-8-3-1-4-9-17)15-31(26)18-10-5-2-6-11-18/h1-15H,16H2. The Morgan fingerprint density at radius 3 is 2.44 bits per heavy atom. The van der Waals surface area contributed by atoms with Crippen LogP contribution < -0.4 is 4.74 Å². The molecule has 0 fully saturated rings. The summed E-state index contributed by atoms with van der Waals surface area (Å²) in [5, 5.41) is 1.58. The van der Waals surface area contributed by atoms with Crippen molar-refractivity contribution in [1.29, 1.82) is 0 Å². The molecule has 0 saturated carbocycles. The third-order valence-corrected chi connectivity index (χ3v) is 7.23. The third kappa shape index (κ3) is 4.80. The summed E-state index contributed by atoms with van der Waals surface area (Å²) in [6.07, 6.45) is 3.66. The summed E-state index contributed by atoms with van der Waals surface area (Å²) in [5.41, 5.74) is 3.43. The number of para-hydroxylation sites is 1. The van der Waals surface area contributed by atoms with Crippen molar-refractivity contribution in [3.05, 3.63) is 100 Å². The first-order valence-corrected chi connectivity index (χ1v) is 12.9. The molecule has 0 atom stereocenters. The highest BCUT2D eigenvalue weighted by Crippen LogP contribution is 2.37. The van der Waals surface area contributed by atoms with Crippen LogP contribution in [-0.4, -0.2) is 26.3 Å². The zero-order chi connectivity index (χ0) is 23.5. The van der Waals surface area contributed by atoms with E-state index in [2.05, 4.69) is 36.8 Å². The summed E-state index contributed by atoms with van der Waals surface area (Å²) in [4.78, 5) is 22.1. The summed E-state index contributed by atoms with van der Waals surface area (Å²) < 4.78 is 9.26. The number of benzene rings is 3. The van der Waals surface area contributed by atoms with Gasteiger partial charge >= 0.3 is 5.97 Å². The average molecular weight is 595 g/mol. The topological polar surface area (TPSA) is 57.0 Å². The molecule has 0 bridgehead atoms. The fourth-order valence-corrected chi connectivity index (χ4v) is 5.62. The van der Waals surface area contributed by atoms with Crippen LogP contribution in [0.15, 0.2) is 105 Å². The number of carbonyl (C=O) groups excluding carboxylic acids is 1. The Hall–Kier alpha value is -2.94. The lowest BCUT2D eigenvalue weighted by Gasteiger charge is -2.11. The van der Waals surface area contributed by atoms with Crippen molar-refractivity contribution >= 4 is 60.5 Å². The number of esters is 1. The minimum absolute atomic E-state index is 0.0922. The predicted octanol–water partition coefficient (Wildman–Crippen LogP) is 7.31. The number of thioether (sulfide) groups is 1. The van der Waals surface area contributed by atoms with Gasteiger partial charge < -0.3 is 4.74 Å². The van der Waals surface area contributed by atoms with Crippen LogP contribution in [0.25, 0.3) is 27.8 Å². The highest BCUT2D eigenvalue weighted by molar-refractivity contribution is 9.11. The first-order chi connectivity index (χ1) is 16.6. The first kappa shape index (κ1) is 22.8. The second-order valence-corrected chi connectivity index (χ2v) is 9.96. The molecule has 5 nitrogen and oxygen atoms in total. The van der Waals surface area contributed by atoms with Gasteiger partial charge in [0.15, 0.2) is 10.9 Å². The molecular formula is C26H17Br2N3O2S. The number of imidazole rings is 1. The molecule has 34 heavy (non-hydrogen) atoms. The molecule has 2 aromatic heterocycles. The van der Waals surface area contributed by atoms with Gasteiger partial charge in [0.2, 0.25) is 0 Å². The van der Waals surface area contributed by atoms with E-state index in [1.807, 2.05) is 89.6 Å². The van der Waals surface area contributed by atoms with Gasteiger partial charge in [0.25, 0.3) is 0 Å². The monoisotopic (exact) mass is 593 g/mol. The molecule has 0 aliphatic carbocycles. The lowest BCUT2D eigenvalue weighted by molar-refractivity contribution is -0.131. The van der Waals surface area contributed by atoms with E-state index < -0.39 is 0 Å². The Balaban J connectivity index is 1.41. The van der Waals surface area contributed by atoms with Crippen molar-refractivity contribution in [3.8, 4) is 22.7 Å². The van der Waals surface area contributed by atoms with Gasteiger partial charge in [-0.1, -0.05) is 82.3 Å². The maximum absolute atomic E-state index is 12.9. The highest BCUT2D eigenvalue weighted by atomic mass is 79.9. The number of pyridine rings is 1. The molecule has 0 amide bonds. The second-order valence-electron chi connectivity index (χ2n) is 7.31. The van der Waals surface area contributed by atoms with Crippen LogP contribution >= 0.6 is 43.6 Å². The van der Waals surface area contributed by atoms with Gasteiger partial charge in [-0.3, -0.25) is 14.3 Å². The molecule has 5 aromatic rings. The minimum atomic E-state index is -0.385. The second kappa shape index (κ2) is 10.1. The lowest BCUT2D eigenvalue weighted by atomic mass is 10.2. The lowest BCUT2D eigenvalue weighted by Crippen LogP contribution is -2.12. The SMILES string of the molecule is O=C(CSc1nc(-c2ccccc2)cn1-c1ccccc1)Oc1c(Br)cc(Br)c2cccnc12. The van der Waals surface area contributed by atoms with Gasteiger partial charge in [-0.15, -0.1) is 0 Å². The summed E-state index contributed by atoms with van der Waals surface area (Å²) in [5.74, 6) is 0.110. The van der Waals surface area contributed by atoms with Gasteiger partial charge in [0, 0.05) is 33.5 Å². The van der Waals surface area contributed by atoms with Crippen LogP contribution in [-0.2, 0) is 4.79 Å². The number of hydrogen-bond acceptors (Lipinski definition) is 5. The molecular weight excluding hydrogens is 578 g/mol. The molecule has 2 heterocycles. The molecule has 3 aromatic carbocycles. The van der Waals surface area contributed by atoms with Crippen molar-refractivity contribution in [2.75, 3.05) is 5.75 Å². The largest absolute Gasteiger partial charge is 0.422 e. The zero-order valence-corrected chi connectivity index (χ0v) is 21.7. The molecule has 0 N–H and O–H groups in total. The maximum Gasteiger partial charge on any atom is 0.321 e. The molecule has 0 saturated heterocycles. The number of ether oxygens (including phenoxy) is 1. The molecule has 0 spiro atoms. The van der Waals surface area contributed by atoms with E-state index in [0.29, 0.717) is 20.9 Å². The number of halogens is 2. The van der Waals surface area contributed by atoms with Crippen molar-refractivity contribution in [3.63, 3.8) is 0 Å². The van der Waals surface area contributed by atoms with E-state index in [9.17, 15) is 4.79 Å². The third-order valence-electron chi connectivity index (χ3n) is 5.06. The number of carbonyl (C=O) groups is 1. The molecule has 5 rings (SSSR count). The number of hydrogen-bond donors (Lipinski definition) is 0. The van der Waals surface area contributed by atoms with Crippen LogP contribution in [0.4, 0.5) is 0 Å². The van der Waals surface area contributed by atoms with Gasteiger partial charge in [-0.2, -0.15) is 0 Å². The molecule has 168 valence electrons. The normalized spacial score (nSPS) is 11.0. The minimum Gasteiger partial charge on any atom is -0.422 e. The fraction of sp³-hybridized carbons (Fsp3) is 0.0385. The van der Waals surface area contributed by atoms with E-state index in [1.165, 1.54) is 11.8 Å². The summed E-state index contributed by atoms with van der Waals surface area (Å²) in [7, 11) is 0. The Labute approximate surface area is 217 Å². The Bertz CT molecular complexity index is 1470. The van der Waals surface area contributed by atoms with Crippen molar-refractivity contribution in [2.45, 2.75) is 5.16 Å². The molecule has 0 aliphatic heterocycles. The van der Waals surface area contributed by atoms with E-state index in [1.54, 1.807) is 6.20 Å². The zero-order valence-electron chi connectivity index (χ0n) is 17.7. The van der Waals surface area contributed by atoms with E-state index >= 15 is 0 Å². The van der Waals surface area contributed by atoms with Gasteiger partial charge in [0.05, 0.1) is 15.9 Å². The van der Waals surface area contributed by atoms with Crippen LogP contribution in [0.5, 0.6) is 5.75 Å². The van der Waals surface area contributed by atoms with Crippen LogP contribution in [0, 0.1) is 0 Å². The Kier molecular flexibility index (Phi) is 6.80. The number of nitrogens with zero attached hydrogens (tertiary/aromatic N) is 3. The van der Waals surface area contributed by atoms with Gasteiger partial charge in [-0.25, -0.2) is 4.98 Å². The van der Waals surface area contributed by atoms with Crippen LogP contribution in [0.3, 0.4) is 0 Å². The predicted molar refractivity (Wildman–Crippen MR) is 143 cm³/mol. The van der Waals surface area contributed by atoms with Crippen molar-refractivity contribution < 1.29 is 9.53 Å². The number of aromatic nitrogens is 3. The summed E-state index contributed by atoms with van der Waals surface area (Å²) in [6, 6.07) is 25.5. The van der Waals surface area contributed by atoms with E-state index in [-0.39, 0.29) is 11.7 Å². The fourth-order valence-electron chi connectivity index (χ4n) is 3.50. The van der Waals surface area contributed by atoms with E-state index in [4.69, 9.17) is 9.72 Å². The molecule has 8 heteroatoms. The Morgan fingerprint density at radius 1 is 0.941 bits per heavy atom. The molecule has 0 radical (unpaired) electrons. The molecule has 0 aliphatic rings. The first-order valence-electron chi connectivity index (χ1n) is 10.4. The maximum atomic E-state index is 12.9. The quantitative estimate of drug-likeness (QED) is 0.117. The van der Waals surface area contributed by atoms with Crippen molar-refractivity contribution in [2.24, 2.45) is 0 Å². The smallest absolute Gasteiger partial charge is 0.321 e. The Morgan fingerprint density at radius 2 is 1.68 bits per heavy atom. The highest BCUT2D eigenvalue weighted by Gasteiger charge is 2.18. The van der Waals surface area contributed by atoms with Gasteiger partial charge in [-0.05, 0) is 40.2 Å². The summed E-state index contributed by atoms with van der Waals surface area (Å²) in [6.45, 7) is 0. The van der Waals surface area contributed by atoms with Crippen LogP contribution in [0.1, 0.15) is 0 Å². The number of rotatable bonds is 6. The average Bonchev–Trinajstić information content (AvgIpc) is 3.31. The molecule has 0 unspecified atom stereocenters. The van der Waals surface area contributed by atoms with E-state index in [0.717, 1.165) is 26.8 Å². The van der Waals surface area contributed by atoms with Crippen LogP contribution in [0.2, 0.25) is 0 Å². The van der Waals surface area contributed by atoms with Crippen molar-refractivity contribution in [1.82, 2.24) is 14.5 Å². The summed E-state index contributed by atoms with van der Waals surface area (Å²) >= 11 is 8.36. The number of fused-ring (bicyclic) bond motifs is 1.